The monoisotopic (exact) mass is 294 g/mol. The summed E-state index contributed by atoms with van der Waals surface area (Å²) in [7, 11) is 0. The standard InChI is InChI=1S/C12H15BrN4/c1-2-17-8-7-15-12(17)11(16-14)9-3-5-10(13)6-4-9/h3-8,11,16H,2,14H2,1H3. The molecule has 1 heterocycles. The number of nitrogens with zero attached hydrogens (tertiary/aromatic N) is 2. The maximum Gasteiger partial charge on any atom is 0.131 e. The van der Waals surface area contributed by atoms with Gasteiger partial charge in [0.2, 0.25) is 0 Å². The number of halogens is 1. The van der Waals surface area contributed by atoms with Crippen molar-refractivity contribution >= 4 is 15.9 Å². The van der Waals surface area contributed by atoms with E-state index in [-0.39, 0.29) is 6.04 Å². The van der Waals surface area contributed by atoms with Crippen LogP contribution in [0.25, 0.3) is 0 Å². The molecule has 0 bridgehead atoms. The number of rotatable bonds is 4. The molecule has 2 aromatic rings. The molecule has 0 saturated heterocycles. The van der Waals surface area contributed by atoms with Crippen molar-refractivity contribution < 1.29 is 0 Å². The molecule has 5 heteroatoms. The SMILES string of the molecule is CCn1ccnc1C(NN)c1ccc(Br)cc1. The number of aryl methyl sites for hydroxylation is 1. The van der Waals surface area contributed by atoms with Crippen molar-refractivity contribution in [1.82, 2.24) is 15.0 Å². The van der Waals surface area contributed by atoms with E-state index in [1.807, 2.05) is 30.5 Å². The zero-order chi connectivity index (χ0) is 12.3. The first-order chi connectivity index (χ1) is 8.26. The first-order valence-corrected chi connectivity index (χ1v) is 6.28. The lowest BCUT2D eigenvalue weighted by Gasteiger charge is -2.17. The Bertz CT molecular complexity index is 478. The van der Waals surface area contributed by atoms with Crippen LogP contribution in [0.15, 0.2) is 41.1 Å². The molecule has 90 valence electrons. The number of hydrogen-bond acceptors (Lipinski definition) is 3. The van der Waals surface area contributed by atoms with E-state index in [0.717, 1.165) is 22.4 Å². The highest BCUT2D eigenvalue weighted by atomic mass is 79.9. The van der Waals surface area contributed by atoms with E-state index < -0.39 is 0 Å². The molecule has 1 aromatic carbocycles. The molecule has 1 unspecified atom stereocenters. The Labute approximate surface area is 109 Å². The zero-order valence-electron chi connectivity index (χ0n) is 9.60. The van der Waals surface area contributed by atoms with Crippen LogP contribution in [0.3, 0.4) is 0 Å². The lowest BCUT2D eigenvalue weighted by molar-refractivity contribution is 0.561. The summed E-state index contributed by atoms with van der Waals surface area (Å²) < 4.78 is 3.13. The molecular formula is C12H15BrN4. The molecule has 0 spiro atoms. The Balaban J connectivity index is 2.36. The van der Waals surface area contributed by atoms with Gasteiger partial charge in [0.1, 0.15) is 11.9 Å². The van der Waals surface area contributed by atoms with E-state index in [4.69, 9.17) is 5.84 Å². The summed E-state index contributed by atoms with van der Waals surface area (Å²) in [5, 5.41) is 0. The van der Waals surface area contributed by atoms with Gasteiger partial charge in [0.15, 0.2) is 0 Å². The molecule has 0 radical (unpaired) electrons. The number of benzene rings is 1. The number of nitrogens with two attached hydrogens (primary N) is 1. The summed E-state index contributed by atoms with van der Waals surface area (Å²) in [6.07, 6.45) is 3.75. The van der Waals surface area contributed by atoms with Gasteiger partial charge in [-0.25, -0.2) is 10.4 Å². The minimum atomic E-state index is -0.0851. The molecule has 0 aliphatic heterocycles. The maximum atomic E-state index is 5.64. The van der Waals surface area contributed by atoms with Gasteiger partial charge in [0, 0.05) is 23.4 Å². The quantitative estimate of drug-likeness (QED) is 0.671. The normalized spacial score (nSPS) is 12.6. The van der Waals surface area contributed by atoms with Crippen molar-refractivity contribution in [2.24, 2.45) is 5.84 Å². The fourth-order valence-corrected chi connectivity index (χ4v) is 2.09. The van der Waals surface area contributed by atoms with Gasteiger partial charge in [0.25, 0.3) is 0 Å². The highest BCUT2D eigenvalue weighted by Gasteiger charge is 2.16. The van der Waals surface area contributed by atoms with Crippen molar-refractivity contribution in [1.29, 1.82) is 0 Å². The summed E-state index contributed by atoms with van der Waals surface area (Å²) in [4.78, 5) is 4.37. The van der Waals surface area contributed by atoms with Crippen LogP contribution in [0.5, 0.6) is 0 Å². The number of imidazole rings is 1. The number of hydrogen-bond donors (Lipinski definition) is 2. The van der Waals surface area contributed by atoms with Crippen molar-refractivity contribution in [3.8, 4) is 0 Å². The maximum absolute atomic E-state index is 5.64. The third kappa shape index (κ3) is 2.57. The predicted molar refractivity (Wildman–Crippen MR) is 71.2 cm³/mol. The predicted octanol–water partition coefficient (Wildman–Crippen LogP) is 2.22. The largest absolute Gasteiger partial charge is 0.334 e. The topological polar surface area (TPSA) is 55.9 Å². The second-order valence-electron chi connectivity index (χ2n) is 3.72. The minimum Gasteiger partial charge on any atom is -0.334 e. The molecular weight excluding hydrogens is 280 g/mol. The van der Waals surface area contributed by atoms with Gasteiger partial charge in [0.05, 0.1) is 0 Å². The lowest BCUT2D eigenvalue weighted by atomic mass is 10.1. The van der Waals surface area contributed by atoms with Gasteiger partial charge >= 0.3 is 0 Å². The van der Waals surface area contributed by atoms with Crippen LogP contribution >= 0.6 is 15.9 Å². The first-order valence-electron chi connectivity index (χ1n) is 5.49. The van der Waals surface area contributed by atoms with Crippen molar-refractivity contribution in [2.75, 3.05) is 0 Å². The summed E-state index contributed by atoms with van der Waals surface area (Å²) in [6.45, 7) is 2.96. The van der Waals surface area contributed by atoms with Gasteiger partial charge in [-0.15, -0.1) is 0 Å². The van der Waals surface area contributed by atoms with E-state index in [1.165, 1.54) is 0 Å². The number of aromatic nitrogens is 2. The van der Waals surface area contributed by atoms with Crippen LogP contribution in [-0.4, -0.2) is 9.55 Å². The molecule has 0 aliphatic carbocycles. The lowest BCUT2D eigenvalue weighted by Crippen LogP contribution is -2.31. The van der Waals surface area contributed by atoms with Gasteiger partial charge < -0.3 is 4.57 Å². The summed E-state index contributed by atoms with van der Waals surface area (Å²) in [6, 6.07) is 7.97. The second kappa shape index (κ2) is 5.44. The van der Waals surface area contributed by atoms with Gasteiger partial charge in [-0.05, 0) is 24.6 Å². The molecule has 1 atom stereocenters. The van der Waals surface area contributed by atoms with Gasteiger partial charge in [-0.2, -0.15) is 0 Å². The fourth-order valence-electron chi connectivity index (χ4n) is 1.82. The molecule has 0 aliphatic rings. The fraction of sp³-hybridized carbons (Fsp3) is 0.250. The van der Waals surface area contributed by atoms with Crippen LogP contribution in [0.2, 0.25) is 0 Å². The van der Waals surface area contributed by atoms with Crippen molar-refractivity contribution in [2.45, 2.75) is 19.5 Å². The zero-order valence-corrected chi connectivity index (χ0v) is 11.2. The highest BCUT2D eigenvalue weighted by molar-refractivity contribution is 9.10. The smallest absolute Gasteiger partial charge is 0.131 e. The number of nitrogens with one attached hydrogen (secondary N) is 1. The Morgan fingerprint density at radius 2 is 2.12 bits per heavy atom. The molecule has 1 aromatic heterocycles. The molecule has 2 rings (SSSR count). The highest BCUT2D eigenvalue weighted by Crippen LogP contribution is 2.21. The summed E-state index contributed by atoms with van der Waals surface area (Å²) >= 11 is 3.42. The second-order valence-corrected chi connectivity index (χ2v) is 4.64. The van der Waals surface area contributed by atoms with Crippen LogP contribution in [0, 0.1) is 0 Å². The molecule has 4 nitrogen and oxygen atoms in total. The van der Waals surface area contributed by atoms with Crippen LogP contribution < -0.4 is 11.3 Å². The van der Waals surface area contributed by atoms with Crippen LogP contribution in [0.1, 0.15) is 24.4 Å². The van der Waals surface area contributed by atoms with Crippen LogP contribution in [0.4, 0.5) is 0 Å². The molecule has 17 heavy (non-hydrogen) atoms. The van der Waals surface area contributed by atoms with E-state index in [9.17, 15) is 0 Å². The molecule has 0 fully saturated rings. The van der Waals surface area contributed by atoms with Crippen molar-refractivity contribution in [3.63, 3.8) is 0 Å². The third-order valence-electron chi connectivity index (χ3n) is 2.72. The van der Waals surface area contributed by atoms with E-state index >= 15 is 0 Å². The minimum absolute atomic E-state index is 0.0851. The Kier molecular flexibility index (Phi) is 3.93. The van der Waals surface area contributed by atoms with E-state index in [1.54, 1.807) is 6.20 Å². The Morgan fingerprint density at radius 3 is 2.71 bits per heavy atom. The van der Waals surface area contributed by atoms with Crippen molar-refractivity contribution in [3.05, 3.63) is 52.5 Å². The summed E-state index contributed by atoms with van der Waals surface area (Å²) in [5.41, 5.74) is 3.91. The average Bonchev–Trinajstić information content (AvgIpc) is 2.81. The van der Waals surface area contributed by atoms with Gasteiger partial charge in [-0.3, -0.25) is 5.84 Å². The summed E-state index contributed by atoms with van der Waals surface area (Å²) in [5.74, 6) is 6.57. The van der Waals surface area contributed by atoms with Crippen LogP contribution in [-0.2, 0) is 6.54 Å². The average molecular weight is 295 g/mol. The number of hydrazine groups is 1. The van der Waals surface area contributed by atoms with E-state index in [0.29, 0.717) is 0 Å². The molecule has 0 amide bonds. The first kappa shape index (κ1) is 12.3. The molecule has 0 saturated carbocycles. The van der Waals surface area contributed by atoms with E-state index in [2.05, 4.69) is 37.8 Å². The molecule has 3 N–H and O–H groups in total. The Hall–Kier alpha value is -1.17. The Morgan fingerprint density at radius 1 is 1.41 bits per heavy atom. The van der Waals surface area contributed by atoms with Gasteiger partial charge in [-0.1, -0.05) is 28.1 Å². The third-order valence-corrected chi connectivity index (χ3v) is 3.25.